The van der Waals surface area contributed by atoms with Crippen molar-refractivity contribution in [1.29, 1.82) is 0 Å². The van der Waals surface area contributed by atoms with Crippen LogP contribution in [0.3, 0.4) is 0 Å². The van der Waals surface area contributed by atoms with Gasteiger partial charge in [0.05, 0.1) is 5.69 Å². The Bertz CT molecular complexity index is 600. The van der Waals surface area contributed by atoms with E-state index in [2.05, 4.69) is 10.6 Å². The van der Waals surface area contributed by atoms with Crippen molar-refractivity contribution in [3.63, 3.8) is 0 Å². The van der Waals surface area contributed by atoms with E-state index in [1.165, 1.54) is 6.07 Å². The number of nitrogens with one attached hydrogen (secondary N) is 2. The molecule has 6 heteroatoms. The molecule has 0 saturated carbocycles. The zero-order chi connectivity index (χ0) is 16.2. The minimum atomic E-state index is -0.369. The zero-order valence-corrected chi connectivity index (χ0v) is 13.0. The molecule has 1 fully saturated rings. The number of anilines is 2. The number of nitrogens with zero attached hydrogens (tertiary/aromatic N) is 1. The number of aliphatic hydroxyl groups is 1. The van der Waals surface area contributed by atoms with Gasteiger partial charge in [0.15, 0.2) is 0 Å². The van der Waals surface area contributed by atoms with Gasteiger partial charge in [0.25, 0.3) is 0 Å². The van der Waals surface area contributed by atoms with Crippen LogP contribution in [-0.2, 0) is 0 Å². The standard InChI is InChI=1S/C17H22FN3O2/c18-15-10-14(5-6-16(15)21-7-1-2-8-21)20-17(23)19-13-4-3-12(9-13)11-22/h3-6,10,12-13,22H,1-2,7-9,11H2,(H2,19,20,23)/t12-,13+/m0/s1. The lowest BCUT2D eigenvalue weighted by Crippen LogP contribution is -2.36. The highest BCUT2D eigenvalue weighted by Gasteiger charge is 2.20. The molecule has 0 aromatic heterocycles. The summed E-state index contributed by atoms with van der Waals surface area (Å²) in [4.78, 5) is 14.0. The second-order valence-corrected chi connectivity index (χ2v) is 6.13. The first-order valence-corrected chi connectivity index (χ1v) is 8.07. The van der Waals surface area contributed by atoms with E-state index in [9.17, 15) is 9.18 Å². The second kappa shape index (κ2) is 7.00. The normalized spacial score (nSPS) is 23.3. The molecule has 1 aromatic rings. The summed E-state index contributed by atoms with van der Waals surface area (Å²) in [6.45, 7) is 1.84. The lowest BCUT2D eigenvalue weighted by atomic mass is 10.1. The Hall–Kier alpha value is -2.08. The van der Waals surface area contributed by atoms with Crippen LogP contribution >= 0.6 is 0 Å². The van der Waals surface area contributed by atoms with Crippen LogP contribution in [0.1, 0.15) is 19.3 Å². The van der Waals surface area contributed by atoms with Crippen molar-refractivity contribution in [1.82, 2.24) is 5.32 Å². The Morgan fingerprint density at radius 1 is 1.30 bits per heavy atom. The van der Waals surface area contributed by atoms with Crippen LogP contribution in [0.5, 0.6) is 0 Å². The zero-order valence-electron chi connectivity index (χ0n) is 13.0. The van der Waals surface area contributed by atoms with E-state index in [4.69, 9.17) is 5.11 Å². The molecule has 1 heterocycles. The van der Waals surface area contributed by atoms with Crippen molar-refractivity contribution < 1.29 is 14.3 Å². The van der Waals surface area contributed by atoms with Gasteiger partial charge in [-0.15, -0.1) is 0 Å². The molecule has 2 amide bonds. The summed E-state index contributed by atoms with van der Waals surface area (Å²) < 4.78 is 14.2. The number of hydrogen-bond acceptors (Lipinski definition) is 3. The molecule has 2 atom stereocenters. The summed E-state index contributed by atoms with van der Waals surface area (Å²) in [6, 6.07) is 4.33. The van der Waals surface area contributed by atoms with E-state index in [0.29, 0.717) is 17.8 Å². The number of benzene rings is 1. The van der Waals surface area contributed by atoms with Crippen LogP contribution in [0.25, 0.3) is 0 Å². The predicted molar refractivity (Wildman–Crippen MR) is 88.1 cm³/mol. The highest BCUT2D eigenvalue weighted by Crippen LogP contribution is 2.26. The van der Waals surface area contributed by atoms with Crippen molar-refractivity contribution in [2.24, 2.45) is 5.92 Å². The van der Waals surface area contributed by atoms with Crippen molar-refractivity contribution in [2.75, 3.05) is 29.9 Å². The number of amides is 2. The van der Waals surface area contributed by atoms with Crippen LogP contribution in [0, 0.1) is 11.7 Å². The van der Waals surface area contributed by atoms with Gasteiger partial charge >= 0.3 is 6.03 Å². The Morgan fingerprint density at radius 3 is 2.74 bits per heavy atom. The summed E-state index contributed by atoms with van der Waals surface area (Å²) in [5.74, 6) is -0.219. The third-order valence-electron chi connectivity index (χ3n) is 4.38. The molecule has 0 bridgehead atoms. The Morgan fingerprint density at radius 2 is 2.09 bits per heavy atom. The monoisotopic (exact) mass is 319 g/mol. The fourth-order valence-corrected chi connectivity index (χ4v) is 3.15. The second-order valence-electron chi connectivity index (χ2n) is 6.13. The fraction of sp³-hybridized carbons (Fsp3) is 0.471. The van der Waals surface area contributed by atoms with Crippen molar-refractivity contribution in [2.45, 2.75) is 25.3 Å². The average molecular weight is 319 g/mol. The lowest BCUT2D eigenvalue weighted by molar-refractivity contribution is 0.238. The number of aliphatic hydroxyl groups excluding tert-OH is 1. The summed E-state index contributed by atoms with van der Waals surface area (Å²) in [6.07, 6.45) is 6.64. The van der Waals surface area contributed by atoms with Crippen LogP contribution in [0.2, 0.25) is 0 Å². The average Bonchev–Trinajstić information content (AvgIpc) is 3.18. The molecule has 3 N–H and O–H groups in total. The van der Waals surface area contributed by atoms with Gasteiger partial charge in [-0.1, -0.05) is 12.2 Å². The molecule has 1 aliphatic carbocycles. The minimum absolute atomic E-state index is 0.0828. The van der Waals surface area contributed by atoms with Gasteiger partial charge in [-0.25, -0.2) is 9.18 Å². The minimum Gasteiger partial charge on any atom is -0.396 e. The van der Waals surface area contributed by atoms with Crippen LogP contribution in [0.4, 0.5) is 20.6 Å². The summed E-state index contributed by atoms with van der Waals surface area (Å²) in [5, 5.41) is 14.5. The molecule has 0 spiro atoms. The Kier molecular flexibility index (Phi) is 4.81. The lowest BCUT2D eigenvalue weighted by Gasteiger charge is -2.19. The molecular formula is C17H22FN3O2. The van der Waals surface area contributed by atoms with Crippen LogP contribution < -0.4 is 15.5 Å². The topological polar surface area (TPSA) is 64.6 Å². The Balaban J connectivity index is 1.56. The number of rotatable bonds is 4. The number of carbonyl (C=O) groups is 1. The van der Waals surface area contributed by atoms with Crippen molar-refractivity contribution >= 4 is 17.4 Å². The molecule has 23 heavy (non-hydrogen) atoms. The van der Waals surface area contributed by atoms with E-state index in [1.54, 1.807) is 12.1 Å². The number of carbonyl (C=O) groups excluding carboxylic acids is 1. The molecule has 1 aromatic carbocycles. The first-order valence-electron chi connectivity index (χ1n) is 8.07. The van der Waals surface area contributed by atoms with Gasteiger partial charge in [0.1, 0.15) is 5.82 Å². The third-order valence-corrected chi connectivity index (χ3v) is 4.38. The van der Waals surface area contributed by atoms with Gasteiger partial charge in [-0.05, 0) is 37.5 Å². The van der Waals surface area contributed by atoms with Crippen molar-refractivity contribution in [3.05, 3.63) is 36.2 Å². The molecule has 1 saturated heterocycles. The molecule has 0 radical (unpaired) electrons. The van der Waals surface area contributed by atoms with Gasteiger partial charge in [-0.3, -0.25) is 0 Å². The van der Waals surface area contributed by atoms with Crippen LogP contribution in [0.15, 0.2) is 30.4 Å². The maximum Gasteiger partial charge on any atom is 0.319 e. The first-order chi connectivity index (χ1) is 11.2. The number of hydrogen-bond donors (Lipinski definition) is 3. The number of urea groups is 1. The molecule has 2 aliphatic rings. The third kappa shape index (κ3) is 3.82. The van der Waals surface area contributed by atoms with E-state index in [1.807, 2.05) is 17.1 Å². The largest absolute Gasteiger partial charge is 0.396 e. The summed E-state index contributed by atoms with van der Waals surface area (Å²) >= 11 is 0. The Labute approximate surface area is 135 Å². The molecule has 124 valence electrons. The first kappa shape index (κ1) is 15.8. The SMILES string of the molecule is O=C(Nc1ccc(N2CCCC2)c(F)c1)N[C@@H]1C=C[C@H](CO)C1. The number of halogens is 1. The van der Waals surface area contributed by atoms with Gasteiger partial charge in [-0.2, -0.15) is 0 Å². The van der Waals surface area contributed by atoms with E-state index in [0.717, 1.165) is 25.9 Å². The quantitative estimate of drug-likeness (QED) is 0.747. The van der Waals surface area contributed by atoms with E-state index < -0.39 is 0 Å². The predicted octanol–water partition coefficient (Wildman–Crippen LogP) is 2.48. The highest BCUT2D eigenvalue weighted by molar-refractivity contribution is 5.89. The van der Waals surface area contributed by atoms with Gasteiger partial charge in [0.2, 0.25) is 0 Å². The maximum atomic E-state index is 14.2. The smallest absolute Gasteiger partial charge is 0.319 e. The van der Waals surface area contributed by atoms with Gasteiger partial charge < -0.3 is 20.6 Å². The fourth-order valence-electron chi connectivity index (χ4n) is 3.15. The van der Waals surface area contributed by atoms with Crippen molar-refractivity contribution in [3.8, 4) is 0 Å². The van der Waals surface area contributed by atoms with Crippen LogP contribution in [-0.4, -0.2) is 36.9 Å². The van der Waals surface area contributed by atoms with E-state index in [-0.39, 0.29) is 30.4 Å². The molecule has 3 rings (SSSR count). The maximum absolute atomic E-state index is 14.2. The molecule has 1 aliphatic heterocycles. The molecular weight excluding hydrogens is 297 g/mol. The molecule has 0 unspecified atom stereocenters. The highest BCUT2D eigenvalue weighted by atomic mass is 19.1. The molecule has 5 nitrogen and oxygen atoms in total. The van der Waals surface area contributed by atoms with E-state index >= 15 is 0 Å². The summed E-state index contributed by atoms with van der Waals surface area (Å²) in [5.41, 5.74) is 1.03. The summed E-state index contributed by atoms with van der Waals surface area (Å²) in [7, 11) is 0. The van der Waals surface area contributed by atoms with Gasteiger partial charge in [0, 0.05) is 37.3 Å².